The summed E-state index contributed by atoms with van der Waals surface area (Å²) in [5.41, 5.74) is 0.249. The zero-order valence-corrected chi connectivity index (χ0v) is 13.7. The van der Waals surface area contributed by atoms with Crippen LogP contribution in [0.5, 0.6) is 5.75 Å². The van der Waals surface area contributed by atoms with Gasteiger partial charge in [0.2, 0.25) is 0 Å². The molecule has 2 aromatic carbocycles. The molecule has 0 heterocycles. The molecule has 0 aliphatic rings. The Balaban J connectivity index is 1.96. The fraction of sp³-hybridized carbons (Fsp3) is 0.125. The van der Waals surface area contributed by atoms with E-state index in [9.17, 15) is 14.0 Å². The van der Waals surface area contributed by atoms with Gasteiger partial charge < -0.3 is 14.8 Å². The molecule has 7 heteroatoms. The third kappa shape index (κ3) is 4.53. The van der Waals surface area contributed by atoms with Gasteiger partial charge >= 0.3 is 5.97 Å². The van der Waals surface area contributed by atoms with Gasteiger partial charge in [0.15, 0.2) is 6.61 Å². The van der Waals surface area contributed by atoms with E-state index in [1.807, 2.05) is 0 Å². The van der Waals surface area contributed by atoms with E-state index in [2.05, 4.69) is 21.2 Å². The molecule has 5 nitrogen and oxygen atoms in total. The maximum Gasteiger partial charge on any atom is 0.339 e. The molecule has 23 heavy (non-hydrogen) atoms. The second kappa shape index (κ2) is 7.73. The topological polar surface area (TPSA) is 64.6 Å². The number of carbonyl (C=O) groups is 2. The number of nitrogens with one attached hydrogen (secondary N) is 1. The van der Waals surface area contributed by atoms with Crippen LogP contribution in [0.25, 0.3) is 0 Å². The van der Waals surface area contributed by atoms with E-state index >= 15 is 0 Å². The van der Waals surface area contributed by atoms with Gasteiger partial charge in [-0.1, -0.05) is 12.1 Å². The van der Waals surface area contributed by atoms with E-state index in [-0.39, 0.29) is 11.3 Å². The minimum atomic E-state index is -0.695. The molecule has 1 N–H and O–H groups in total. The highest BCUT2D eigenvalue weighted by Gasteiger charge is 2.15. The quantitative estimate of drug-likeness (QED) is 0.806. The molecule has 1 amide bonds. The van der Waals surface area contributed by atoms with E-state index in [4.69, 9.17) is 9.47 Å². The summed E-state index contributed by atoms with van der Waals surface area (Å²) in [4.78, 5) is 23.7. The SMILES string of the molecule is COc1ccc(Br)c(C(=O)OCC(=O)Nc2ccccc2F)c1. The van der Waals surface area contributed by atoms with Crippen LogP contribution in [-0.2, 0) is 9.53 Å². The Hall–Kier alpha value is -2.41. The molecule has 0 unspecified atom stereocenters. The fourth-order valence-corrected chi connectivity index (χ4v) is 2.15. The first-order chi connectivity index (χ1) is 11.0. The molecule has 0 atom stereocenters. The maximum absolute atomic E-state index is 13.4. The smallest absolute Gasteiger partial charge is 0.339 e. The lowest BCUT2D eigenvalue weighted by atomic mass is 10.2. The van der Waals surface area contributed by atoms with Crippen LogP contribution in [0.1, 0.15) is 10.4 Å². The highest BCUT2D eigenvalue weighted by Crippen LogP contribution is 2.23. The maximum atomic E-state index is 13.4. The Morgan fingerprint density at radius 2 is 1.96 bits per heavy atom. The summed E-state index contributed by atoms with van der Waals surface area (Å²) in [6, 6.07) is 10.5. The second-order valence-electron chi connectivity index (χ2n) is 4.45. The van der Waals surface area contributed by atoms with Crippen molar-refractivity contribution in [1.82, 2.24) is 0 Å². The molecule has 0 spiro atoms. The van der Waals surface area contributed by atoms with Gasteiger partial charge in [0.05, 0.1) is 18.4 Å². The van der Waals surface area contributed by atoms with Gasteiger partial charge in [-0.05, 0) is 46.3 Å². The Morgan fingerprint density at radius 1 is 1.22 bits per heavy atom. The first-order valence-corrected chi connectivity index (χ1v) is 7.35. The lowest BCUT2D eigenvalue weighted by Gasteiger charge is -2.09. The number of benzene rings is 2. The van der Waals surface area contributed by atoms with E-state index in [1.54, 1.807) is 18.2 Å². The monoisotopic (exact) mass is 381 g/mol. The molecule has 0 saturated heterocycles. The van der Waals surface area contributed by atoms with Crippen molar-refractivity contribution in [3.63, 3.8) is 0 Å². The number of hydrogen-bond acceptors (Lipinski definition) is 4. The van der Waals surface area contributed by atoms with Gasteiger partial charge in [-0.15, -0.1) is 0 Å². The van der Waals surface area contributed by atoms with Gasteiger partial charge in [0, 0.05) is 4.47 Å². The third-order valence-corrected chi connectivity index (χ3v) is 3.57. The van der Waals surface area contributed by atoms with E-state index in [0.29, 0.717) is 10.2 Å². The number of rotatable bonds is 5. The van der Waals surface area contributed by atoms with Crippen LogP contribution in [0.4, 0.5) is 10.1 Å². The van der Waals surface area contributed by atoms with E-state index in [0.717, 1.165) is 0 Å². The van der Waals surface area contributed by atoms with Gasteiger partial charge in [-0.25, -0.2) is 9.18 Å². The van der Waals surface area contributed by atoms with Crippen molar-refractivity contribution in [2.45, 2.75) is 0 Å². The number of halogens is 2. The van der Waals surface area contributed by atoms with Crippen molar-refractivity contribution in [2.24, 2.45) is 0 Å². The Bertz CT molecular complexity index is 736. The van der Waals surface area contributed by atoms with Crippen LogP contribution < -0.4 is 10.1 Å². The summed E-state index contributed by atoms with van der Waals surface area (Å²) >= 11 is 3.22. The Kier molecular flexibility index (Phi) is 5.70. The van der Waals surface area contributed by atoms with Crippen molar-refractivity contribution in [1.29, 1.82) is 0 Å². The normalized spacial score (nSPS) is 10.0. The standard InChI is InChI=1S/C16H13BrFNO4/c1-22-10-6-7-12(17)11(8-10)16(21)23-9-15(20)19-14-5-3-2-4-13(14)18/h2-8H,9H2,1H3,(H,19,20). The lowest BCUT2D eigenvalue weighted by molar-refractivity contribution is -0.119. The highest BCUT2D eigenvalue weighted by molar-refractivity contribution is 9.10. The van der Waals surface area contributed by atoms with Crippen molar-refractivity contribution < 1.29 is 23.5 Å². The molecular formula is C16H13BrFNO4. The second-order valence-corrected chi connectivity index (χ2v) is 5.30. The minimum Gasteiger partial charge on any atom is -0.497 e. The summed E-state index contributed by atoms with van der Waals surface area (Å²) in [6.45, 7) is -0.531. The molecule has 0 aromatic heterocycles. The lowest BCUT2D eigenvalue weighted by Crippen LogP contribution is -2.21. The molecule has 120 valence electrons. The number of esters is 1. The van der Waals surface area contributed by atoms with E-state index in [1.165, 1.54) is 31.4 Å². The minimum absolute atomic E-state index is 0.0242. The fourth-order valence-electron chi connectivity index (χ4n) is 1.75. The molecule has 2 aromatic rings. The number of carbonyl (C=O) groups excluding carboxylic acids is 2. The molecule has 0 bridgehead atoms. The van der Waals surface area contributed by atoms with Gasteiger partial charge in [0.25, 0.3) is 5.91 Å². The molecular weight excluding hydrogens is 369 g/mol. The predicted octanol–water partition coefficient (Wildman–Crippen LogP) is 3.39. The first kappa shape index (κ1) is 17.0. The van der Waals surface area contributed by atoms with Crippen LogP contribution in [0.3, 0.4) is 0 Å². The summed E-state index contributed by atoms with van der Waals surface area (Å²) in [7, 11) is 1.47. The number of para-hydroxylation sites is 1. The van der Waals surface area contributed by atoms with Gasteiger partial charge in [-0.2, -0.15) is 0 Å². The number of hydrogen-bond donors (Lipinski definition) is 1. The van der Waals surface area contributed by atoms with Gasteiger partial charge in [-0.3, -0.25) is 4.79 Å². The molecule has 0 fully saturated rings. The summed E-state index contributed by atoms with van der Waals surface area (Å²) < 4.78 is 23.9. The first-order valence-electron chi connectivity index (χ1n) is 6.56. The molecule has 0 aliphatic carbocycles. The predicted molar refractivity (Wildman–Crippen MR) is 86.0 cm³/mol. The Morgan fingerprint density at radius 3 is 2.65 bits per heavy atom. The summed E-state index contributed by atoms with van der Waals surface area (Å²) in [5, 5.41) is 2.33. The van der Waals surface area contributed by atoms with Crippen LogP contribution in [0.15, 0.2) is 46.9 Å². The molecule has 0 saturated carbocycles. The highest BCUT2D eigenvalue weighted by atomic mass is 79.9. The van der Waals surface area contributed by atoms with Crippen LogP contribution >= 0.6 is 15.9 Å². The molecule has 0 radical (unpaired) electrons. The van der Waals surface area contributed by atoms with Crippen molar-refractivity contribution in [3.05, 3.63) is 58.3 Å². The average Bonchev–Trinajstić information content (AvgIpc) is 2.55. The van der Waals surface area contributed by atoms with E-state index < -0.39 is 24.3 Å². The largest absolute Gasteiger partial charge is 0.497 e. The summed E-state index contributed by atoms with van der Waals surface area (Å²) in [6.07, 6.45) is 0. The number of methoxy groups -OCH3 is 1. The molecule has 2 rings (SSSR count). The van der Waals surface area contributed by atoms with Crippen molar-refractivity contribution >= 4 is 33.5 Å². The summed E-state index contributed by atoms with van der Waals surface area (Å²) in [5.74, 6) is -1.42. The van der Waals surface area contributed by atoms with Crippen LogP contribution in [0.2, 0.25) is 0 Å². The van der Waals surface area contributed by atoms with Crippen LogP contribution in [-0.4, -0.2) is 25.6 Å². The molecule has 0 aliphatic heterocycles. The zero-order valence-electron chi connectivity index (χ0n) is 12.1. The number of ether oxygens (including phenoxy) is 2. The van der Waals surface area contributed by atoms with Crippen molar-refractivity contribution in [3.8, 4) is 5.75 Å². The zero-order chi connectivity index (χ0) is 16.8. The number of anilines is 1. The third-order valence-electron chi connectivity index (χ3n) is 2.88. The van der Waals surface area contributed by atoms with Crippen molar-refractivity contribution in [2.75, 3.05) is 19.0 Å². The van der Waals surface area contributed by atoms with Gasteiger partial charge in [0.1, 0.15) is 11.6 Å². The number of amides is 1. The van der Waals surface area contributed by atoms with Crippen LogP contribution in [0, 0.1) is 5.82 Å². The average molecular weight is 382 g/mol. The Labute approximate surface area is 140 Å².